The monoisotopic (exact) mass is 142 g/mol. The second kappa shape index (κ2) is 1.44. The molecule has 0 aromatic heterocycles. The molecule has 0 N–H and O–H groups in total. The Morgan fingerprint density at radius 3 is 2.67 bits per heavy atom. The number of amides is 1. The van der Waals surface area contributed by atoms with E-state index in [9.17, 15) is 9.59 Å². The van der Waals surface area contributed by atoms with Crippen LogP contribution in [-0.2, 0) is 9.59 Å². The standard InChI is InChI=1S/C5H4NO2S/c7-3-1-4-6(3)2-5(8)9-4/h1-2H2/q+1. The van der Waals surface area contributed by atoms with Gasteiger partial charge in [-0.05, 0) is 0 Å². The number of hydrogen-bond acceptors (Lipinski definition) is 3. The lowest BCUT2D eigenvalue weighted by atomic mass is 10.3. The van der Waals surface area contributed by atoms with Crippen molar-refractivity contribution < 1.29 is 14.2 Å². The van der Waals surface area contributed by atoms with Crippen LogP contribution in [0.5, 0.6) is 0 Å². The summed E-state index contributed by atoms with van der Waals surface area (Å²) in [6, 6.07) is 0. The maximum absolute atomic E-state index is 10.6. The molecule has 0 unspecified atom stereocenters. The maximum Gasteiger partial charge on any atom is 0.399 e. The van der Waals surface area contributed by atoms with Crippen molar-refractivity contribution in [1.29, 1.82) is 0 Å². The molecule has 0 bridgehead atoms. The Labute approximate surface area is 55.7 Å². The van der Waals surface area contributed by atoms with E-state index < -0.39 is 0 Å². The fraction of sp³-hybridized carbons (Fsp3) is 0.400. The van der Waals surface area contributed by atoms with Gasteiger partial charge in [-0.2, -0.15) is 0 Å². The molecule has 0 radical (unpaired) electrons. The average molecular weight is 142 g/mol. The quantitative estimate of drug-likeness (QED) is 0.432. The van der Waals surface area contributed by atoms with Gasteiger partial charge in [0.25, 0.3) is 5.12 Å². The lowest BCUT2D eigenvalue weighted by Gasteiger charge is -2.01. The van der Waals surface area contributed by atoms with Crippen LogP contribution < -0.4 is 0 Å². The van der Waals surface area contributed by atoms with E-state index in [-0.39, 0.29) is 11.0 Å². The minimum atomic E-state index is 0.0864. The zero-order chi connectivity index (χ0) is 6.43. The van der Waals surface area contributed by atoms with Gasteiger partial charge in [0.2, 0.25) is 11.6 Å². The minimum Gasteiger partial charge on any atom is -0.279 e. The molecule has 0 atom stereocenters. The van der Waals surface area contributed by atoms with Gasteiger partial charge in [0.05, 0.1) is 0 Å². The molecule has 0 aliphatic carbocycles. The van der Waals surface area contributed by atoms with Crippen LogP contribution in [0.2, 0.25) is 0 Å². The summed E-state index contributed by atoms with van der Waals surface area (Å²) in [6.45, 7) is 0.304. The summed E-state index contributed by atoms with van der Waals surface area (Å²) in [4.78, 5) is 21.2. The summed E-state index contributed by atoms with van der Waals surface area (Å²) in [5.41, 5.74) is 0. The molecule has 3 nitrogen and oxygen atoms in total. The molecule has 0 aromatic carbocycles. The predicted molar refractivity (Wildman–Crippen MR) is 32.4 cm³/mol. The van der Waals surface area contributed by atoms with Crippen LogP contribution in [0.25, 0.3) is 0 Å². The molecular formula is C5H4NO2S+. The van der Waals surface area contributed by atoms with Gasteiger partial charge in [-0.15, -0.1) is 4.58 Å². The van der Waals surface area contributed by atoms with Gasteiger partial charge in [0.15, 0.2) is 6.42 Å². The first-order valence-electron chi connectivity index (χ1n) is 2.64. The highest BCUT2D eigenvalue weighted by atomic mass is 32.2. The van der Waals surface area contributed by atoms with Gasteiger partial charge in [0, 0.05) is 11.8 Å². The zero-order valence-corrected chi connectivity index (χ0v) is 5.40. The summed E-state index contributed by atoms with van der Waals surface area (Å²) in [6.07, 6.45) is 0.483. The van der Waals surface area contributed by atoms with Gasteiger partial charge in [-0.1, -0.05) is 0 Å². The Kier molecular flexibility index (Phi) is 0.829. The summed E-state index contributed by atoms with van der Waals surface area (Å²) < 4.78 is 1.53. The minimum absolute atomic E-state index is 0.0864. The van der Waals surface area contributed by atoms with Crippen LogP contribution in [0.1, 0.15) is 6.42 Å². The fourth-order valence-electron chi connectivity index (χ4n) is 0.928. The van der Waals surface area contributed by atoms with Gasteiger partial charge >= 0.3 is 5.91 Å². The van der Waals surface area contributed by atoms with Gasteiger partial charge in [-0.3, -0.25) is 4.79 Å². The normalized spacial score (nSPS) is 24.4. The molecule has 2 aliphatic heterocycles. The molecular weight excluding hydrogens is 138 g/mol. The highest BCUT2D eigenvalue weighted by molar-refractivity contribution is 8.26. The van der Waals surface area contributed by atoms with Crippen molar-refractivity contribution in [2.45, 2.75) is 6.42 Å². The third-order valence-corrected chi connectivity index (χ3v) is 2.38. The van der Waals surface area contributed by atoms with Gasteiger partial charge in [-0.25, -0.2) is 4.79 Å². The number of carbonyl (C=O) groups excluding carboxylic acids is 2. The Morgan fingerprint density at radius 1 is 1.44 bits per heavy atom. The molecule has 4 heteroatoms. The smallest absolute Gasteiger partial charge is 0.279 e. The van der Waals surface area contributed by atoms with E-state index >= 15 is 0 Å². The Hall–Kier alpha value is -0.640. The molecule has 0 saturated carbocycles. The number of carbonyl (C=O) groups is 2. The topological polar surface area (TPSA) is 37.1 Å². The van der Waals surface area contributed by atoms with E-state index in [0.717, 1.165) is 5.04 Å². The number of thioether (sulfide) groups is 1. The zero-order valence-electron chi connectivity index (χ0n) is 4.59. The maximum atomic E-state index is 10.6. The first-order valence-corrected chi connectivity index (χ1v) is 3.46. The van der Waals surface area contributed by atoms with Crippen LogP contribution in [0.3, 0.4) is 0 Å². The van der Waals surface area contributed by atoms with Crippen molar-refractivity contribution in [3.8, 4) is 0 Å². The van der Waals surface area contributed by atoms with Crippen LogP contribution in [0, 0.1) is 0 Å². The van der Waals surface area contributed by atoms with E-state index in [1.54, 1.807) is 0 Å². The van der Waals surface area contributed by atoms with Crippen LogP contribution in [0.4, 0.5) is 0 Å². The third-order valence-electron chi connectivity index (χ3n) is 1.42. The second-order valence-corrected chi connectivity index (χ2v) is 3.16. The van der Waals surface area contributed by atoms with E-state index in [0.29, 0.717) is 13.0 Å². The van der Waals surface area contributed by atoms with Crippen molar-refractivity contribution in [1.82, 2.24) is 0 Å². The number of hydrogen-bond donors (Lipinski definition) is 0. The number of nitrogens with zero attached hydrogens (tertiary/aromatic N) is 1. The molecule has 0 spiro atoms. The van der Waals surface area contributed by atoms with Crippen molar-refractivity contribution >= 4 is 27.8 Å². The largest absolute Gasteiger partial charge is 0.399 e. The number of rotatable bonds is 0. The molecule has 1 amide bonds. The Balaban J connectivity index is 2.34. The third kappa shape index (κ3) is 0.564. The van der Waals surface area contributed by atoms with Crippen LogP contribution in [-0.4, -0.2) is 27.2 Å². The molecule has 2 heterocycles. The van der Waals surface area contributed by atoms with E-state index in [2.05, 4.69) is 0 Å². The summed E-state index contributed by atoms with van der Waals surface area (Å²) in [5, 5.41) is 1.03. The summed E-state index contributed by atoms with van der Waals surface area (Å²) >= 11 is 1.20. The highest BCUT2D eigenvalue weighted by Gasteiger charge is 2.46. The molecule has 0 saturated heterocycles. The Bertz CT molecular complexity index is 243. The molecule has 0 fully saturated rings. The molecule has 2 rings (SSSR count). The van der Waals surface area contributed by atoms with E-state index in [1.807, 2.05) is 0 Å². The highest BCUT2D eigenvalue weighted by Crippen LogP contribution is 2.23. The van der Waals surface area contributed by atoms with E-state index in [1.165, 1.54) is 16.3 Å². The van der Waals surface area contributed by atoms with Crippen LogP contribution >= 0.6 is 11.8 Å². The van der Waals surface area contributed by atoms with Gasteiger partial charge < -0.3 is 0 Å². The average Bonchev–Trinajstić information content (AvgIpc) is 2.08. The fourth-order valence-corrected chi connectivity index (χ4v) is 1.86. The second-order valence-electron chi connectivity index (χ2n) is 2.02. The molecule has 0 aromatic rings. The van der Waals surface area contributed by atoms with Gasteiger partial charge in [0.1, 0.15) is 0 Å². The molecule has 46 valence electrons. The molecule has 9 heavy (non-hydrogen) atoms. The van der Waals surface area contributed by atoms with Crippen molar-refractivity contribution in [2.24, 2.45) is 0 Å². The molecule has 2 aliphatic rings. The first kappa shape index (κ1) is 5.17. The predicted octanol–water partition coefficient (Wildman–Crippen LogP) is -0.399. The lowest BCUT2D eigenvalue weighted by Crippen LogP contribution is -2.34. The first-order chi connectivity index (χ1) is 4.27. The lowest BCUT2D eigenvalue weighted by molar-refractivity contribution is -0.449. The van der Waals surface area contributed by atoms with Crippen molar-refractivity contribution in [3.05, 3.63) is 0 Å². The van der Waals surface area contributed by atoms with Crippen molar-refractivity contribution in [3.63, 3.8) is 0 Å². The van der Waals surface area contributed by atoms with Crippen LogP contribution in [0.15, 0.2) is 0 Å². The Morgan fingerprint density at radius 2 is 2.22 bits per heavy atom. The van der Waals surface area contributed by atoms with E-state index in [4.69, 9.17) is 0 Å². The summed E-state index contributed by atoms with van der Waals surface area (Å²) in [7, 11) is 0. The SMILES string of the molecule is O=C1C[N+]2=C(CC2=O)S1. The summed E-state index contributed by atoms with van der Waals surface area (Å²) in [5.74, 6) is 0.0864. The van der Waals surface area contributed by atoms with Crippen molar-refractivity contribution in [2.75, 3.05) is 6.54 Å².